The highest BCUT2D eigenvalue weighted by atomic mass is 127. The monoisotopic (exact) mass is 483 g/mol. The molecular weight excluding hydrogens is 441 g/mol. The molecule has 0 aliphatic carbocycles. The Kier molecular flexibility index (Phi) is 14.0. The molecule has 1 saturated heterocycles. The second-order valence-corrected chi connectivity index (χ2v) is 8.33. The highest BCUT2D eigenvalue weighted by molar-refractivity contribution is 14.0. The summed E-state index contributed by atoms with van der Waals surface area (Å²) in [5.74, 6) is 1.87. The average molecular weight is 483 g/mol. The van der Waals surface area contributed by atoms with Crippen LogP contribution >= 0.6 is 24.0 Å². The molecule has 6 heteroatoms. The Balaban J connectivity index is 0.00000625. The van der Waals surface area contributed by atoms with E-state index in [2.05, 4.69) is 45.3 Å². The maximum absolute atomic E-state index is 9.22. The average Bonchev–Trinajstić information content (AvgIpc) is 2.57. The molecule has 156 valence electrons. The summed E-state index contributed by atoms with van der Waals surface area (Å²) in [6.45, 7) is 14.7. The molecule has 1 fully saturated rings. The van der Waals surface area contributed by atoms with Crippen molar-refractivity contribution in [3.05, 3.63) is 0 Å². The standard InChI is InChI=1S/C20H41N3O2.HI/c1-6-9-16(11-12-24)14-22-19(21-7-2)23-15-17-10-8-13-25-18(17)20(3,4)5;/h16-18,24H,6-15H2,1-5H3,(H2,21,22,23);1H. The summed E-state index contributed by atoms with van der Waals surface area (Å²) >= 11 is 0. The minimum absolute atomic E-state index is 0. The first-order chi connectivity index (χ1) is 11.9. The molecule has 0 bridgehead atoms. The van der Waals surface area contributed by atoms with Crippen LogP contribution in [0.2, 0.25) is 0 Å². The largest absolute Gasteiger partial charge is 0.396 e. The van der Waals surface area contributed by atoms with E-state index in [1.54, 1.807) is 0 Å². The predicted molar refractivity (Wildman–Crippen MR) is 121 cm³/mol. The third kappa shape index (κ3) is 9.74. The lowest BCUT2D eigenvalue weighted by Crippen LogP contribution is -2.47. The van der Waals surface area contributed by atoms with Gasteiger partial charge in [0.05, 0.1) is 6.10 Å². The van der Waals surface area contributed by atoms with Crippen LogP contribution in [0.25, 0.3) is 0 Å². The molecule has 26 heavy (non-hydrogen) atoms. The van der Waals surface area contributed by atoms with Crippen LogP contribution in [0.4, 0.5) is 0 Å². The van der Waals surface area contributed by atoms with Crippen LogP contribution in [0, 0.1) is 17.3 Å². The third-order valence-electron chi connectivity index (χ3n) is 4.92. The first-order valence-electron chi connectivity index (χ1n) is 10.2. The van der Waals surface area contributed by atoms with Gasteiger partial charge in [0.2, 0.25) is 0 Å². The normalized spacial score (nSPS) is 22.5. The molecule has 3 atom stereocenters. The Bertz CT molecular complexity index is 380. The number of halogens is 1. The van der Waals surface area contributed by atoms with E-state index in [4.69, 9.17) is 9.73 Å². The van der Waals surface area contributed by atoms with Gasteiger partial charge in [0.15, 0.2) is 5.96 Å². The second kappa shape index (κ2) is 14.0. The van der Waals surface area contributed by atoms with Crippen molar-refractivity contribution in [2.45, 2.75) is 72.8 Å². The molecule has 5 nitrogen and oxygen atoms in total. The van der Waals surface area contributed by atoms with Crippen molar-refractivity contribution in [3.63, 3.8) is 0 Å². The van der Waals surface area contributed by atoms with Gasteiger partial charge in [0.1, 0.15) is 0 Å². The van der Waals surface area contributed by atoms with Crippen molar-refractivity contribution in [1.82, 2.24) is 10.6 Å². The summed E-state index contributed by atoms with van der Waals surface area (Å²) in [6.07, 6.45) is 5.72. The number of aliphatic imine (C=N–C) groups is 1. The van der Waals surface area contributed by atoms with Gasteiger partial charge in [0, 0.05) is 38.8 Å². The molecule has 1 rings (SSSR count). The van der Waals surface area contributed by atoms with Crippen LogP contribution in [0.3, 0.4) is 0 Å². The quantitative estimate of drug-likeness (QED) is 0.265. The number of hydrogen-bond donors (Lipinski definition) is 3. The second-order valence-electron chi connectivity index (χ2n) is 8.33. The van der Waals surface area contributed by atoms with E-state index in [-0.39, 0.29) is 36.0 Å². The Morgan fingerprint density at radius 2 is 1.96 bits per heavy atom. The predicted octanol–water partition coefficient (Wildman–Crippen LogP) is 3.80. The zero-order chi connectivity index (χ0) is 18.7. The van der Waals surface area contributed by atoms with Gasteiger partial charge >= 0.3 is 0 Å². The molecule has 3 unspecified atom stereocenters. The van der Waals surface area contributed by atoms with E-state index in [0.29, 0.717) is 17.9 Å². The van der Waals surface area contributed by atoms with Crippen LogP contribution in [0.5, 0.6) is 0 Å². The van der Waals surface area contributed by atoms with Crippen LogP contribution in [0.1, 0.15) is 66.7 Å². The molecule has 0 radical (unpaired) electrons. The zero-order valence-electron chi connectivity index (χ0n) is 17.5. The van der Waals surface area contributed by atoms with Crippen molar-refractivity contribution >= 4 is 29.9 Å². The van der Waals surface area contributed by atoms with Gasteiger partial charge in [-0.15, -0.1) is 24.0 Å². The van der Waals surface area contributed by atoms with Crippen molar-refractivity contribution < 1.29 is 9.84 Å². The van der Waals surface area contributed by atoms with Crippen molar-refractivity contribution in [1.29, 1.82) is 0 Å². The Morgan fingerprint density at radius 3 is 2.54 bits per heavy atom. The fourth-order valence-electron chi connectivity index (χ4n) is 3.72. The van der Waals surface area contributed by atoms with Gasteiger partial charge in [-0.25, -0.2) is 0 Å². The lowest BCUT2D eigenvalue weighted by molar-refractivity contribution is -0.0835. The number of aliphatic hydroxyl groups excluding tert-OH is 1. The molecule has 0 aromatic heterocycles. The molecule has 0 aromatic rings. The maximum Gasteiger partial charge on any atom is 0.191 e. The van der Waals surface area contributed by atoms with Crippen LogP contribution in [-0.4, -0.2) is 50.0 Å². The van der Waals surface area contributed by atoms with E-state index >= 15 is 0 Å². The number of nitrogens with one attached hydrogen (secondary N) is 2. The number of hydrogen-bond acceptors (Lipinski definition) is 3. The minimum Gasteiger partial charge on any atom is -0.396 e. The SMILES string of the molecule is CCCC(CCO)CN=C(NCC)NCC1CCCOC1C(C)(C)C.I. The Morgan fingerprint density at radius 1 is 1.23 bits per heavy atom. The zero-order valence-corrected chi connectivity index (χ0v) is 19.8. The fraction of sp³-hybridized carbons (Fsp3) is 0.950. The number of guanidine groups is 1. The summed E-state index contributed by atoms with van der Waals surface area (Å²) in [7, 11) is 0. The van der Waals surface area contributed by atoms with E-state index in [9.17, 15) is 5.11 Å². The third-order valence-corrected chi connectivity index (χ3v) is 4.92. The van der Waals surface area contributed by atoms with Crippen molar-refractivity contribution in [2.24, 2.45) is 22.2 Å². The van der Waals surface area contributed by atoms with E-state index in [1.165, 1.54) is 6.42 Å². The number of nitrogens with zero attached hydrogens (tertiary/aromatic N) is 1. The van der Waals surface area contributed by atoms with Crippen molar-refractivity contribution in [3.8, 4) is 0 Å². The summed E-state index contributed by atoms with van der Waals surface area (Å²) in [4.78, 5) is 4.77. The van der Waals surface area contributed by atoms with Crippen LogP contribution in [0.15, 0.2) is 4.99 Å². The molecule has 3 N–H and O–H groups in total. The van der Waals surface area contributed by atoms with E-state index in [0.717, 1.165) is 57.9 Å². The van der Waals surface area contributed by atoms with Crippen molar-refractivity contribution in [2.75, 3.05) is 32.8 Å². The number of ether oxygens (including phenoxy) is 1. The smallest absolute Gasteiger partial charge is 0.191 e. The molecule has 1 aliphatic rings. The van der Waals surface area contributed by atoms with Crippen LogP contribution < -0.4 is 10.6 Å². The molecule has 1 aliphatic heterocycles. The first kappa shape index (κ1) is 25.9. The summed E-state index contributed by atoms with van der Waals surface area (Å²) in [6, 6.07) is 0. The minimum atomic E-state index is 0. The van der Waals surface area contributed by atoms with E-state index < -0.39 is 0 Å². The fourth-order valence-corrected chi connectivity index (χ4v) is 3.72. The topological polar surface area (TPSA) is 65.9 Å². The Labute approximate surface area is 178 Å². The Hall–Kier alpha value is -0.0800. The maximum atomic E-state index is 9.22. The van der Waals surface area contributed by atoms with Gasteiger partial charge in [0.25, 0.3) is 0 Å². The highest BCUT2D eigenvalue weighted by Crippen LogP contribution is 2.33. The van der Waals surface area contributed by atoms with Crippen LogP contribution in [-0.2, 0) is 4.74 Å². The molecule has 0 saturated carbocycles. The first-order valence-corrected chi connectivity index (χ1v) is 10.2. The van der Waals surface area contributed by atoms with Gasteiger partial charge in [-0.2, -0.15) is 0 Å². The van der Waals surface area contributed by atoms with Gasteiger partial charge < -0.3 is 20.5 Å². The van der Waals surface area contributed by atoms with E-state index in [1.807, 2.05) is 0 Å². The molecular formula is C20H42IN3O2. The molecule has 0 spiro atoms. The number of rotatable bonds is 9. The summed E-state index contributed by atoms with van der Waals surface area (Å²) in [5, 5.41) is 16.1. The molecule has 0 aromatic carbocycles. The van der Waals surface area contributed by atoms with Gasteiger partial charge in [-0.05, 0) is 43.9 Å². The molecule has 0 amide bonds. The highest BCUT2D eigenvalue weighted by Gasteiger charge is 2.35. The molecule has 1 heterocycles. The summed E-state index contributed by atoms with van der Waals surface area (Å²) in [5.41, 5.74) is 0.162. The number of aliphatic hydroxyl groups is 1. The lowest BCUT2D eigenvalue weighted by atomic mass is 9.78. The summed E-state index contributed by atoms with van der Waals surface area (Å²) < 4.78 is 6.08. The van der Waals surface area contributed by atoms with Gasteiger partial charge in [-0.1, -0.05) is 34.1 Å². The lowest BCUT2D eigenvalue weighted by Gasteiger charge is -2.40. The van der Waals surface area contributed by atoms with Gasteiger partial charge in [-0.3, -0.25) is 4.99 Å².